The number of furan rings is 1. The number of nitrogens with zero attached hydrogens (tertiary/aromatic N) is 3. The molecule has 5 heteroatoms. The molecule has 2 rings (SSSR count). The molecule has 0 saturated carbocycles. The van der Waals surface area contributed by atoms with Gasteiger partial charge in [0.1, 0.15) is 18.1 Å². The van der Waals surface area contributed by atoms with Gasteiger partial charge in [-0.25, -0.2) is 4.68 Å². The first-order valence-corrected chi connectivity index (χ1v) is 5.43. The SMILES string of the molecule is CCNCc1cn(Cc2ccc(C)o2)nn1. The monoisotopic (exact) mass is 220 g/mol. The molecular formula is C11H16N4O. The van der Waals surface area contributed by atoms with E-state index >= 15 is 0 Å². The van der Waals surface area contributed by atoms with Crippen LogP contribution in [0.4, 0.5) is 0 Å². The Labute approximate surface area is 94.5 Å². The van der Waals surface area contributed by atoms with Crippen LogP contribution in [0, 0.1) is 6.92 Å². The molecule has 2 aromatic rings. The maximum atomic E-state index is 5.47. The van der Waals surface area contributed by atoms with Gasteiger partial charge in [-0.1, -0.05) is 12.1 Å². The van der Waals surface area contributed by atoms with Crippen LogP contribution in [0.15, 0.2) is 22.7 Å². The lowest BCUT2D eigenvalue weighted by Gasteiger charge is -1.96. The van der Waals surface area contributed by atoms with Gasteiger partial charge in [0, 0.05) is 6.54 Å². The van der Waals surface area contributed by atoms with Crippen LogP contribution in [0.5, 0.6) is 0 Å². The highest BCUT2D eigenvalue weighted by atomic mass is 16.3. The Kier molecular flexibility index (Phi) is 3.36. The summed E-state index contributed by atoms with van der Waals surface area (Å²) in [5.41, 5.74) is 0.949. The van der Waals surface area contributed by atoms with Crippen LogP contribution in [-0.2, 0) is 13.1 Å². The maximum Gasteiger partial charge on any atom is 0.125 e. The predicted molar refractivity (Wildman–Crippen MR) is 59.9 cm³/mol. The highest BCUT2D eigenvalue weighted by Gasteiger charge is 2.03. The highest BCUT2D eigenvalue weighted by Crippen LogP contribution is 2.07. The molecule has 2 heterocycles. The Morgan fingerprint density at radius 2 is 2.31 bits per heavy atom. The average molecular weight is 220 g/mol. The van der Waals surface area contributed by atoms with E-state index in [9.17, 15) is 0 Å². The van der Waals surface area contributed by atoms with E-state index in [1.54, 1.807) is 4.68 Å². The quantitative estimate of drug-likeness (QED) is 0.826. The normalized spacial score (nSPS) is 10.9. The van der Waals surface area contributed by atoms with Gasteiger partial charge in [-0.15, -0.1) is 5.10 Å². The summed E-state index contributed by atoms with van der Waals surface area (Å²) in [5, 5.41) is 11.3. The summed E-state index contributed by atoms with van der Waals surface area (Å²) >= 11 is 0. The Bertz CT molecular complexity index is 446. The molecule has 5 nitrogen and oxygen atoms in total. The minimum atomic E-state index is 0.632. The van der Waals surface area contributed by atoms with Gasteiger partial charge in [-0.05, 0) is 25.6 Å². The number of hydrogen-bond acceptors (Lipinski definition) is 4. The molecule has 0 saturated heterocycles. The Balaban J connectivity index is 1.97. The van der Waals surface area contributed by atoms with E-state index in [1.807, 2.05) is 25.3 Å². The van der Waals surface area contributed by atoms with Gasteiger partial charge in [-0.2, -0.15) is 0 Å². The summed E-state index contributed by atoms with van der Waals surface area (Å²) in [5.74, 6) is 1.82. The van der Waals surface area contributed by atoms with Gasteiger partial charge in [0.2, 0.25) is 0 Å². The van der Waals surface area contributed by atoms with E-state index in [0.29, 0.717) is 6.54 Å². The van der Waals surface area contributed by atoms with Crippen molar-refractivity contribution in [1.29, 1.82) is 0 Å². The number of rotatable bonds is 5. The molecular weight excluding hydrogens is 204 g/mol. The van der Waals surface area contributed by atoms with Crippen molar-refractivity contribution in [2.24, 2.45) is 0 Å². The first-order chi connectivity index (χ1) is 7.78. The lowest BCUT2D eigenvalue weighted by molar-refractivity contribution is 0.455. The molecule has 0 unspecified atom stereocenters. The van der Waals surface area contributed by atoms with Crippen LogP contribution in [0.1, 0.15) is 24.1 Å². The standard InChI is InChI=1S/C11H16N4O/c1-3-12-6-10-7-15(14-13-10)8-11-5-4-9(2)16-11/h4-5,7,12H,3,6,8H2,1-2H3. The molecule has 0 aliphatic rings. The number of hydrogen-bond donors (Lipinski definition) is 1. The zero-order valence-electron chi connectivity index (χ0n) is 9.60. The zero-order valence-corrected chi connectivity index (χ0v) is 9.60. The summed E-state index contributed by atoms with van der Waals surface area (Å²) in [7, 11) is 0. The average Bonchev–Trinajstić information content (AvgIpc) is 2.86. The molecule has 0 aliphatic heterocycles. The van der Waals surface area contributed by atoms with Crippen LogP contribution >= 0.6 is 0 Å². The van der Waals surface area contributed by atoms with Gasteiger partial charge >= 0.3 is 0 Å². The van der Waals surface area contributed by atoms with Crippen LogP contribution < -0.4 is 5.32 Å². The summed E-state index contributed by atoms with van der Waals surface area (Å²) in [6.45, 7) is 6.32. The van der Waals surface area contributed by atoms with Gasteiger partial charge < -0.3 is 9.73 Å². The number of aryl methyl sites for hydroxylation is 1. The third-order valence-corrected chi connectivity index (χ3v) is 2.26. The third kappa shape index (κ3) is 2.70. The van der Waals surface area contributed by atoms with Crippen molar-refractivity contribution >= 4 is 0 Å². The van der Waals surface area contributed by atoms with E-state index in [1.165, 1.54) is 0 Å². The largest absolute Gasteiger partial charge is 0.464 e. The minimum Gasteiger partial charge on any atom is -0.464 e. The molecule has 2 aromatic heterocycles. The van der Waals surface area contributed by atoms with Gasteiger partial charge in [0.15, 0.2) is 0 Å². The molecule has 0 aromatic carbocycles. The fraction of sp³-hybridized carbons (Fsp3) is 0.455. The van der Waals surface area contributed by atoms with E-state index in [0.717, 1.165) is 30.3 Å². The second kappa shape index (κ2) is 4.94. The Morgan fingerprint density at radius 3 is 3.00 bits per heavy atom. The molecule has 16 heavy (non-hydrogen) atoms. The minimum absolute atomic E-state index is 0.632. The topological polar surface area (TPSA) is 55.9 Å². The third-order valence-electron chi connectivity index (χ3n) is 2.26. The molecule has 0 radical (unpaired) electrons. The number of nitrogens with one attached hydrogen (secondary N) is 1. The second-order valence-corrected chi connectivity index (χ2v) is 3.70. The Hall–Kier alpha value is -1.62. The zero-order chi connectivity index (χ0) is 11.4. The molecule has 0 amide bonds. The van der Waals surface area contributed by atoms with E-state index < -0.39 is 0 Å². The van der Waals surface area contributed by atoms with E-state index in [2.05, 4.69) is 22.6 Å². The fourth-order valence-electron chi connectivity index (χ4n) is 1.48. The van der Waals surface area contributed by atoms with Crippen LogP contribution in [-0.4, -0.2) is 21.5 Å². The van der Waals surface area contributed by atoms with Crippen molar-refractivity contribution in [1.82, 2.24) is 20.3 Å². The van der Waals surface area contributed by atoms with Crippen molar-refractivity contribution in [3.8, 4) is 0 Å². The fourth-order valence-corrected chi connectivity index (χ4v) is 1.48. The second-order valence-electron chi connectivity index (χ2n) is 3.70. The van der Waals surface area contributed by atoms with Crippen molar-refractivity contribution in [2.75, 3.05) is 6.54 Å². The molecule has 1 N–H and O–H groups in total. The van der Waals surface area contributed by atoms with Crippen LogP contribution in [0.25, 0.3) is 0 Å². The molecule has 0 atom stereocenters. The molecule has 86 valence electrons. The lowest BCUT2D eigenvalue weighted by atomic mass is 10.4. The van der Waals surface area contributed by atoms with Crippen molar-refractivity contribution < 1.29 is 4.42 Å². The Morgan fingerprint density at radius 1 is 1.44 bits per heavy atom. The first kappa shape index (κ1) is 10.9. The number of aromatic nitrogens is 3. The summed E-state index contributed by atoms with van der Waals surface area (Å²) < 4.78 is 7.26. The van der Waals surface area contributed by atoms with Gasteiger partial charge in [-0.3, -0.25) is 0 Å². The van der Waals surface area contributed by atoms with Crippen molar-refractivity contribution in [3.63, 3.8) is 0 Å². The molecule has 0 bridgehead atoms. The van der Waals surface area contributed by atoms with Crippen LogP contribution in [0.3, 0.4) is 0 Å². The molecule has 0 aliphatic carbocycles. The highest BCUT2D eigenvalue weighted by molar-refractivity contribution is 5.06. The first-order valence-electron chi connectivity index (χ1n) is 5.43. The predicted octanol–water partition coefficient (Wildman–Crippen LogP) is 1.34. The van der Waals surface area contributed by atoms with Crippen molar-refractivity contribution in [3.05, 3.63) is 35.5 Å². The lowest BCUT2D eigenvalue weighted by Crippen LogP contribution is -2.11. The molecule has 0 fully saturated rings. The maximum absolute atomic E-state index is 5.47. The van der Waals surface area contributed by atoms with Gasteiger partial charge in [0.05, 0.1) is 11.9 Å². The van der Waals surface area contributed by atoms with E-state index in [4.69, 9.17) is 4.42 Å². The smallest absolute Gasteiger partial charge is 0.125 e. The summed E-state index contributed by atoms with van der Waals surface area (Å²) in [6, 6.07) is 3.91. The molecule has 0 spiro atoms. The van der Waals surface area contributed by atoms with Crippen LogP contribution in [0.2, 0.25) is 0 Å². The van der Waals surface area contributed by atoms with Gasteiger partial charge in [0.25, 0.3) is 0 Å². The van der Waals surface area contributed by atoms with Crippen molar-refractivity contribution in [2.45, 2.75) is 26.9 Å². The summed E-state index contributed by atoms with van der Waals surface area (Å²) in [6.07, 6.45) is 1.93. The summed E-state index contributed by atoms with van der Waals surface area (Å²) in [4.78, 5) is 0. The van der Waals surface area contributed by atoms with E-state index in [-0.39, 0.29) is 0 Å².